The molecular weight excluding hydrogens is 196 g/mol. The van der Waals surface area contributed by atoms with Crippen molar-refractivity contribution in [3.05, 3.63) is 0 Å². The summed E-state index contributed by atoms with van der Waals surface area (Å²) in [6.07, 6.45) is 9.60. The molecule has 0 bridgehead atoms. The molecule has 0 amide bonds. The van der Waals surface area contributed by atoms with Crippen molar-refractivity contribution in [2.24, 2.45) is 0 Å². The van der Waals surface area contributed by atoms with Crippen molar-refractivity contribution in [1.82, 2.24) is 10.2 Å². The van der Waals surface area contributed by atoms with Crippen LogP contribution in [0.1, 0.15) is 58.8 Å². The summed E-state index contributed by atoms with van der Waals surface area (Å²) in [5.74, 6) is 0. The first-order valence-electron chi connectivity index (χ1n) is 7.13. The van der Waals surface area contributed by atoms with E-state index in [-0.39, 0.29) is 0 Å². The number of hydrogen-bond donors (Lipinski definition) is 1. The lowest BCUT2D eigenvalue weighted by Crippen LogP contribution is -2.69. The molecule has 1 aliphatic carbocycles. The SMILES string of the molecule is CCC1(CC)CNC2(CCCCC2)CN1C. The summed E-state index contributed by atoms with van der Waals surface area (Å²) >= 11 is 0. The summed E-state index contributed by atoms with van der Waals surface area (Å²) in [6, 6.07) is 0. The minimum absolute atomic E-state index is 0.419. The second kappa shape index (κ2) is 4.66. The fourth-order valence-corrected chi connectivity index (χ4v) is 3.77. The van der Waals surface area contributed by atoms with E-state index in [0.717, 1.165) is 0 Å². The lowest BCUT2D eigenvalue weighted by Gasteiger charge is -2.54. The average Bonchev–Trinajstić information content (AvgIpc) is 2.31. The number of hydrogen-bond acceptors (Lipinski definition) is 2. The molecule has 1 saturated carbocycles. The Morgan fingerprint density at radius 3 is 2.19 bits per heavy atom. The molecule has 0 aromatic rings. The summed E-state index contributed by atoms with van der Waals surface area (Å²) < 4.78 is 0. The minimum atomic E-state index is 0.419. The van der Waals surface area contributed by atoms with Crippen LogP contribution in [0.4, 0.5) is 0 Å². The van der Waals surface area contributed by atoms with Crippen LogP contribution >= 0.6 is 0 Å². The van der Waals surface area contributed by atoms with Gasteiger partial charge in [-0.25, -0.2) is 0 Å². The third-order valence-electron chi connectivity index (χ3n) is 5.27. The maximum atomic E-state index is 3.92. The highest BCUT2D eigenvalue weighted by molar-refractivity contribution is 5.04. The van der Waals surface area contributed by atoms with Crippen LogP contribution in [0.5, 0.6) is 0 Å². The van der Waals surface area contributed by atoms with Crippen LogP contribution < -0.4 is 5.32 Å². The van der Waals surface area contributed by atoms with Gasteiger partial charge in [0.2, 0.25) is 0 Å². The maximum absolute atomic E-state index is 3.92. The van der Waals surface area contributed by atoms with Gasteiger partial charge < -0.3 is 5.32 Å². The molecule has 1 spiro atoms. The molecule has 1 aliphatic heterocycles. The zero-order chi connectivity index (χ0) is 11.6. The number of rotatable bonds is 2. The first-order chi connectivity index (χ1) is 7.66. The van der Waals surface area contributed by atoms with E-state index >= 15 is 0 Å². The highest BCUT2D eigenvalue weighted by Gasteiger charge is 2.44. The van der Waals surface area contributed by atoms with Crippen LogP contribution in [0.2, 0.25) is 0 Å². The van der Waals surface area contributed by atoms with E-state index in [0.29, 0.717) is 11.1 Å². The van der Waals surface area contributed by atoms with Gasteiger partial charge in [-0.3, -0.25) is 4.90 Å². The first-order valence-corrected chi connectivity index (χ1v) is 7.13. The number of piperazine rings is 1. The molecular formula is C14H28N2. The van der Waals surface area contributed by atoms with Gasteiger partial charge in [0.1, 0.15) is 0 Å². The highest BCUT2D eigenvalue weighted by Crippen LogP contribution is 2.36. The van der Waals surface area contributed by atoms with Gasteiger partial charge in [-0.15, -0.1) is 0 Å². The Kier molecular flexibility index (Phi) is 3.60. The molecule has 2 aliphatic rings. The summed E-state index contributed by atoms with van der Waals surface area (Å²) in [7, 11) is 2.34. The Bertz CT molecular complexity index is 227. The van der Waals surface area contributed by atoms with Gasteiger partial charge in [0.15, 0.2) is 0 Å². The predicted octanol–water partition coefficient (Wildman–Crippen LogP) is 2.78. The zero-order valence-corrected chi connectivity index (χ0v) is 11.3. The lowest BCUT2D eigenvalue weighted by molar-refractivity contribution is 0.00492. The van der Waals surface area contributed by atoms with Gasteiger partial charge in [-0.2, -0.15) is 0 Å². The molecule has 2 nitrogen and oxygen atoms in total. The smallest absolute Gasteiger partial charge is 0.0326 e. The monoisotopic (exact) mass is 224 g/mol. The zero-order valence-electron chi connectivity index (χ0n) is 11.3. The number of nitrogens with one attached hydrogen (secondary N) is 1. The largest absolute Gasteiger partial charge is 0.308 e. The molecule has 2 heteroatoms. The van der Waals surface area contributed by atoms with E-state index < -0.39 is 0 Å². The molecule has 0 aromatic carbocycles. The molecule has 1 N–H and O–H groups in total. The summed E-state index contributed by atoms with van der Waals surface area (Å²) in [4.78, 5) is 2.65. The lowest BCUT2D eigenvalue weighted by atomic mass is 9.76. The van der Waals surface area contributed by atoms with Gasteiger partial charge in [0.05, 0.1) is 0 Å². The molecule has 2 fully saturated rings. The summed E-state index contributed by atoms with van der Waals surface area (Å²) in [5, 5.41) is 3.92. The first kappa shape index (κ1) is 12.4. The second-order valence-electron chi connectivity index (χ2n) is 5.98. The van der Waals surface area contributed by atoms with Crippen LogP contribution in [-0.2, 0) is 0 Å². The van der Waals surface area contributed by atoms with Crippen molar-refractivity contribution in [3.8, 4) is 0 Å². The molecule has 2 rings (SSSR count). The quantitative estimate of drug-likeness (QED) is 0.776. The van der Waals surface area contributed by atoms with Crippen LogP contribution in [-0.4, -0.2) is 36.1 Å². The fourth-order valence-electron chi connectivity index (χ4n) is 3.77. The van der Waals surface area contributed by atoms with Crippen molar-refractivity contribution < 1.29 is 0 Å². The van der Waals surface area contributed by atoms with Gasteiger partial charge in [-0.1, -0.05) is 33.1 Å². The van der Waals surface area contributed by atoms with E-state index in [4.69, 9.17) is 0 Å². The van der Waals surface area contributed by atoms with Crippen molar-refractivity contribution in [3.63, 3.8) is 0 Å². The average molecular weight is 224 g/mol. The van der Waals surface area contributed by atoms with Crippen molar-refractivity contribution in [2.75, 3.05) is 20.1 Å². The summed E-state index contributed by atoms with van der Waals surface area (Å²) in [6.45, 7) is 7.12. The van der Waals surface area contributed by atoms with Crippen molar-refractivity contribution >= 4 is 0 Å². The van der Waals surface area contributed by atoms with Gasteiger partial charge in [0, 0.05) is 24.2 Å². The molecule has 0 radical (unpaired) electrons. The number of likely N-dealkylation sites (N-methyl/N-ethyl adjacent to an activating group) is 1. The van der Waals surface area contributed by atoms with Gasteiger partial charge >= 0.3 is 0 Å². The Morgan fingerprint density at radius 2 is 1.69 bits per heavy atom. The van der Waals surface area contributed by atoms with E-state index in [1.807, 2.05) is 0 Å². The van der Waals surface area contributed by atoms with Crippen LogP contribution in [0.25, 0.3) is 0 Å². The Labute approximate surface area is 101 Å². The van der Waals surface area contributed by atoms with Gasteiger partial charge in [-0.05, 0) is 32.7 Å². The van der Waals surface area contributed by atoms with Crippen LogP contribution in [0, 0.1) is 0 Å². The van der Waals surface area contributed by atoms with Crippen LogP contribution in [0.3, 0.4) is 0 Å². The standard InChI is InChI=1S/C14H28N2/c1-4-14(5-2)11-15-13(12-16(14)3)9-7-6-8-10-13/h15H,4-12H2,1-3H3. The van der Waals surface area contributed by atoms with Crippen LogP contribution in [0.15, 0.2) is 0 Å². The highest BCUT2D eigenvalue weighted by atomic mass is 15.3. The van der Waals surface area contributed by atoms with E-state index in [1.165, 1.54) is 58.0 Å². The normalized spacial score (nSPS) is 29.4. The van der Waals surface area contributed by atoms with E-state index in [2.05, 4.69) is 31.1 Å². The third-order valence-corrected chi connectivity index (χ3v) is 5.27. The third kappa shape index (κ3) is 2.02. The molecule has 16 heavy (non-hydrogen) atoms. The molecule has 1 heterocycles. The topological polar surface area (TPSA) is 15.3 Å². The predicted molar refractivity (Wildman–Crippen MR) is 69.8 cm³/mol. The molecule has 0 aromatic heterocycles. The number of nitrogens with zero attached hydrogens (tertiary/aromatic N) is 1. The molecule has 0 atom stereocenters. The summed E-state index contributed by atoms with van der Waals surface area (Å²) in [5.41, 5.74) is 0.879. The van der Waals surface area contributed by atoms with Crippen molar-refractivity contribution in [1.29, 1.82) is 0 Å². The van der Waals surface area contributed by atoms with E-state index in [1.54, 1.807) is 0 Å². The molecule has 94 valence electrons. The van der Waals surface area contributed by atoms with E-state index in [9.17, 15) is 0 Å². The minimum Gasteiger partial charge on any atom is -0.308 e. The molecule has 1 saturated heterocycles. The Morgan fingerprint density at radius 1 is 1.06 bits per heavy atom. The fraction of sp³-hybridized carbons (Fsp3) is 1.00. The second-order valence-corrected chi connectivity index (χ2v) is 5.98. The Hall–Kier alpha value is -0.0800. The molecule has 0 unspecified atom stereocenters. The van der Waals surface area contributed by atoms with Gasteiger partial charge in [0.25, 0.3) is 0 Å². The van der Waals surface area contributed by atoms with Crippen molar-refractivity contribution in [2.45, 2.75) is 69.9 Å². The maximum Gasteiger partial charge on any atom is 0.0326 e. The Balaban J connectivity index is 2.06.